The van der Waals surface area contributed by atoms with Gasteiger partial charge in [-0.05, 0) is 129 Å². The first-order valence-electron chi connectivity index (χ1n) is 21.6. The number of benzene rings is 3. The lowest BCUT2D eigenvalue weighted by atomic mass is 9.91. The number of carbonyl (C=O) groups is 1. The highest BCUT2D eigenvalue weighted by molar-refractivity contribution is 7.92. The molecule has 4 unspecified atom stereocenters. The minimum absolute atomic E-state index is 0.0192. The van der Waals surface area contributed by atoms with Crippen molar-refractivity contribution in [2.45, 2.75) is 82.8 Å². The lowest BCUT2D eigenvalue weighted by Gasteiger charge is -2.35. The zero-order valence-corrected chi connectivity index (χ0v) is 36.5. The summed E-state index contributed by atoms with van der Waals surface area (Å²) in [5.74, 6) is -0.0255. The number of sulfonamides is 1. The van der Waals surface area contributed by atoms with Crippen molar-refractivity contribution in [2.24, 2.45) is 5.92 Å². The van der Waals surface area contributed by atoms with Gasteiger partial charge in [-0.25, -0.2) is 27.1 Å². The Bertz CT molecular complexity index is 3260. The van der Waals surface area contributed by atoms with Crippen LogP contribution in [0, 0.1) is 25.6 Å². The first kappa shape index (κ1) is 40.3. The van der Waals surface area contributed by atoms with Crippen LogP contribution in [0.2, 0.25) is 0 Å². The van der Waals surface area contributed by atoms with Gasteiger partial charge in [-0.2, -0.15) is 5.10 Å². The van der Waals surface area contributed by atoms with Gasteiger partial charge in [0, 0.05) is 60.2 Å². The van der Waals surface area contributed by atoms with Crippen molar-refractivity contribution in [3.8, 4) is 17.2 Å². The van der Waals surface area contributed by atoms with E-state index >= 15 is 9.18 Å². The molecule has 7 aromatic rings. The van der Waals surface area contributed by atoms with Crippen LogP contribution in [0.5, 0.6) is 0 Å². The molecule has 4 aliphatic rings. The maximum atomic E-state index is 15.7. The predicted molar refractivity (Wildman–Crippen MR) is 235 cm³/mol. The van der Waals surface area contributed by atoms with Crippen LogP contribution in [0.1, 0.15) is 95.2 Å². The van der Waals surface area contributed by atoms with E-state index in [4.69, 9.17) is 14.4 Å². The van der Waals surface area contributed by atoms with Crippen LogP contribution in [0.15, 0.2) is 87.2 Å². The Balaban J connectivity index is 1.06. The van der Waals surface area contributed by atoms with E-state index in [2.05, 4.69) is 44.6 Å². The number of aromatic amines is 1. The number of rotatable bonds is 9. The number of H-pyrrole nitrogens is 1. The molecular weight excluding hydrogens is 842 g/mol. The van der Waals surface area contributed by atoms with E-state index in [1.807, 2.05) is 11.0 Å². The monoisotopic (exact) mass is 887 g/mol. The lowest BCUT2D eigenvalue weighted by Crippen LogP contribution is -2.43. The fourth-order valence-corrected chi connectivity index (χ4v) is 11.3. The largest absolute Gasteiger partial charge is 0.438 e. The highest BCUT2D eigenvalue weighted by atomic mass is 32.2. The number of ether oxygens (including phenoxy) is 1. The molecule has 0 spiro atoms. The molecular formula is C46H46FN9O7S. The third-order valence-corrected chi connectivity index (χ3v) is 14.5. The molecule has 1 amide bonds. The minimum Gasteiger partial charge on any atom is -0.381 e. The lowest BCUT2D eigenvalue weighted by molar-refractivity contribution is 0.0632. The summed E-state index contributed by atoms with van der Waals surface area (Å²) in [7, 11) is -3.51. The summed E-state index contributed by atoms with van der Waals surface area (Å²) >= 11 is 0. The molecule has 2 bridgehead atoms. The number of nitrogens with one attached hydrogen (secondary N) is 2. The minimum atomic E-state index is -3.51. The van der Waals surface area contributed by atoms with Crippen LogP contribution in [-0.2, 0) is 26.7 Å². The molecule has 16 nitrogen and oxygen atoms in total. The summed E-state index contributed by atoms with van der Waals surface area (Å²) < 4.78 is 58.7. The van der Waals surface area contributed by atoms with Gasteiger partial charge >= 0.3 is 11.4 Å². The van der Waals surface area contributed by atoms with E-state index in [9.17, 15) is 18.0 Å². The molecule has 3 aliphatic heterocycles. The molecule has 330 valence electrons. The second-order valence-electron chi connectivity index (χ2n) is 17.9. The van der Waals surface area contributed by atoms with Gasteiger partial charge in [-0.15, -0.1) is 0 Å². The van der Waals surface area contributed by atoms with Gasteiger partial charge in [-0.3, -0.25) is 28.2 Å². The Kier molecular flexibility index (Phi) is 9.12. The molecule has 4 atom stereocenters. The summed E-state index contributed by atoms with van der Waals surface area (Å²) in [6.45, 7) is 6.85. The topological polar surface area (TPSA) is 184 Å². The number of fused-ring (bicyclic) bond motifs is 5. The molecule has 18 heteroatoms. The number of hydrogen-bond donors (Lipinski definition) is 2. The van der Waals surface area contributed by atoms with Crippen LogP contribution >= 0.6 is 0 Å². The second kappa shape index (κ2) is 14.5. The Morgan fingerprint density at radius 1 is 0.938 bits per heavy atom. The zero-order chi connectivity index (χ0) is 44.4. The van der Waals surface area contributed by atoms with E-state index in [1.54, 1.807) is 67.3 Å². The van der Waals surface area contributed by atoms with Gasteiger partial charge in [0.15, 0.2) is 5.82 Å². The summed E-state index contributed by atoms with van der Waals surface area (Å²) in [6.07, 6.45) is 8.54. The van der Waals surface area contributed by atoms with Gasteiger partial charge in [-0.1, -0.05) is 18.1 Å². The highest BCUT2D eigenvalue weighted by Crippen LogP contribution is 2.56. The van der Waals surface area contributed by atoms with Crippen LogP contribution in [0.3, 0.4) is 0 Å². The maximum Gasteiger partial charge on any atom is 0.438 e. The predicted octanol–water partition coefficient (Wildman–Crippen LogP) is 6.15. The van der Waals surface area contributed by atoms with Gasteiger partial charge in [0.05, 0.1) is 29.4 Å². The van der Waals surface area contributed by atoms with Gasteiger partial charge < -0.3 is 14.2 Å². The Morgan fingerprint density at radius 2 is 1.66 bits per heavy atom. The Morgan fingerprint density at radius 3 is 2.33 bits per heavy atom. The molecule has 11 rings (SSSR count). The quantitative estimate of drug-likeness (QED) is 0.172. The van der Waals surface area contributed by atoms with Crippen molar-refractivity contribution in [3.05, 3.63) is 139 Å². The van der Waals surface area contributed by atoms with Crippen LogP contribution in [0.4, 0.5) is 10.1 Å². The second-order valence-corrected chi connectivity index (χ2v) is 19.7. The Hall–Kier alpha value is -6.53. The number of anilines is 1. The number of imidazole rings is 1. The molecule has 64 heavy (non-hydrogen) atoms. The van der Waals surface area contributed by atoms with E-state index in [0.717, 1.165) is 41.3 Å². The number of aromatic nitrogens is 7. The number of hydrogen-bond acceptors (Lipinski definition) is 9. The van der Waals surface area contributed by atoms with Crippen LogP contribution in [0.25, 0.3) is 28.1 Å². The third kappa shape index (κ3) is 6.31. The Labute approximate surface area is 366 Å². The molecule has 3 aromatic carbocycles. The van der Waals surface area contributed by atoms with Crippen LogP contribution in [-0.4, -0.2) is 78.4 Å². The molecule has 1 saturated carbocycles. The van der Waals surface area contributed by atoms with Gasteiger partial charge in [0.1, 0.15) is 22.9 Å². The van der Waals surface area contributed by atoms with E-state index in [0.29, 0.717) is 90.3 Å². The SMILES string of the molecule is Cc1cc(-n2nc3c(c2-n2ccn(-c4ccc(NS(C)(=O)=O)cc4)c2=O)C2CCC(C3)N2C(=O)c2cc3cc(C4CCOCC4)ccc3n2C2(c3noc(=O)[nH]3)CC2C)cc(C)c1F. The van der Waals surface area contributed by atoms with Crippen molar-refractivity contribution < 1.29 is 26.9 Å². The number of carbonyl (C=O) groups excluding carboxylic acids is 1. The van der Waals surface area contributed by atoms with Crippen LogP contribution < -0.4 is 16.2 Å². The molecule has 0 radical (unpaired) electrons. The fourth-order valence-electron chi connectivity index (χ4n) is 10.8. The number of nitrogens with zero attached hydrogens (tertiary/aromatic N) is 7. The van der Waals surface area contributed by atoms with Gasteiger partial charge in [0.2, 0.25) is 10.0 Å². The van der Waals surface area contributed by atoms with Crippen molar-refractivity contribution >= 4 is 32.5 Å². The van der Waals surface area contributed by atoms with E-state index in [-0.39, 0.29) is 23.7 Å². The zero-order valence-electron chi connectivity index (χ0n) is 35.7. The average Bonchev–Trinajstić information content (AvgIpc) is 3.87. The van der Waals surface area contributed by atoms with Crippen molar-refractivity contribution in [3.63, 3.8) is 0 Å². The first-order chi connectivity index (χ1) is 30.7. The molecule has 4 aromatic heterocycles. The molecule has 3 fully saturated rings. The number of aryl methyl sites for hydroxylation is 2. The van der Waals surface area contributed by atoms with Crippen molar-refractivity contribution in [1.82, 2.24) is 38.5 Å². The van der Waals surface area contributed by atoms with Gasteiger partial charge in [0.25, 0.3) is 5.91 Å². The van der Waals surface area contributed by atoms with Crippen molar-refractivity contribution in [2.75, 3.05) is 24.2 Å². The number of amides is 1. The molecule has 2 saturated heterocycles. The molecule has 2 N–H and O–H groups in total. The third-order valence-electron chi connectivity index (χ3n) is 13.9. The number of halogens is 1. The summed E-state index contributed by atoms with van der Waals surface area (Å²) in [5.41, 5.74) is 4.98. The summed E-state index contributed by atoms with van der Waals surface area (Å²) in [4.78, 5) is 47.5. The summed E-state index contributed by atoms with van der Waals surface area (Å²) in [5, 5.41) is 10.2. The fraction of sp³-hybridized carbons (Fsp3) is 0.370. The normalized spacial score (nSPS) is 22.0. The molecule has 1 aliphatic carbocycles. The smallest absolute Gasteiger partial charge is 0.381 e. The molecule has 7 heterocycles. The maximum absolute atomic E-state index is 15.7. The standard InChI is InChI=1S/C46H46FN9O7S/c1-25-19-34(20-26(2)40(25)47)56-41(53-16-15-52(45(53)59)32-8-6-31(7-9-32)51-64(4,60)61)39-35(49-56)23-33-10-12-37(39)54(33)42(57)38-22-30-21-29(28-13-17-62-18-14-28)5-11-36(30)55(38)46(24-27(46)3)43-48-44(58)63-50-43/h5-9,11,15-16,19-22,27-28,33,37,51H,10,12-14,17-18,23-24H2,1-4H3,(H,48,50,58). The van der Waals surface area contributed by atoms with Crippen molar-refractivity contribution in [1.29, 1.82) is 0 Å². The highest BCUT2D eigenvalue weighted by Gasteiger charge is 2.59. The van der Waals surface area contributed by atoms with E-state index in [1.165, 1.54) is 14.7 Å². The first-order valence-corrected chi connectivity index (χ1v) is 23.5. The average molecular weight is 888 g/mol. The summed E-state index contributed by atoms with van der Waals surface area (Å²) in [6, 6.07) is 17.5. The van der Waals surface area contributed by atoms with E-state index < -0.39 is 33.0 Å².